The predicted molar refractivity (Wildman–Crippen MR) is 79.0 cm³/mol. The van der Waals surface area contributed by atoms with E-state index >= 15 is 0 Å². The number of nitrogens with one attached hydrogen (secondary N) is 1. The topological polar surface area (TPSA) is 32.3 Å². The molecule has 3 nitrogen and oxygen atoms in total. The third kappa shape index (κ3) is 4.98. The first-order chi connectivity index (χ1) is 9.25. The number of hydrogen-bond acceptors (Lipinski definition) is 2. The smallest absolute Gasteiger partial charge is 0.236 e. The summed E-state index contributed by atoms with van der Waals surface area (Å²) in [7, 11) is 0. The molecule has 2 rings (SSSR count). The van der Waals surface area contributed by atoms with E-state index in [1.54, 1.807) is 5.57 Å². The molecule has 108 valence electrons. The van der Waals surface area contributed by atoms with Gasteiger partial charge in [0, 0.05) is 13.1 Å². The van der Waals surface area contributed by atoms with Crippen LogP contribution in [0.15, 0.2) is 11.6 Å². The van der Waals surface area contributed by atoms with E-state index in [0.29, 0.717) is 6.54 Å². The maximum atomic E-state index is 12.0. The molecule has 1 N–H and O–H groups in total. The van der Waals surface area contributed by atoms with Gasteiger partial charge in [-0.3, -0.25) is 4.79 Å². The molecule has 0 saturated carbocycles. The lowest BCUT2D eigenvalue weighted by molar-refractivity contribution is -0.131. The molecule has 0 aromatic heterocycles. The highest BCUT2D eigenvalue weighted by Crippen LogP contribution is 2.19. The molecule has 0 spiro atoms. The Hall–Kier alpha value is -0.830. The summed E-state index contributed by atoms with van der Waals surface area (Å²) in [5.41, 5.74) is 1.58. The van der Waals surface area contributed by atoms with Crippen LogP contribution < -0.4 is 5.32 Å². The molecule has 3 heteroatoms. The second-order valence-electron chi connectivity index (χ2n) is 6.10. The van der Waals surface area contributed by atoms with Crippen LogP contribution in [0.25, 0.3) is 0 Å². The molecule has 0 bridgehead atoms. The van der Waals surface area contributed by atoms with Gasteiger partial charge in [-0.15, -0.1) is 0 Å². The van der Waals surface area contributed by atoms with Gasteiger partial charge in [0.05, 0.1) is 6.54 Å². The van der Waals surface area contributed by atoms with Crippen molar-refractivity contribution in [3.8, 4) is 0 Å². The van der Waals surface area contributed by atoms with Crippen molar-refractivity contribution < 1.29 is 4.79 Å². The van der Waals surface area contributed by atoms with Gasteiger partial charge in [-0.25, -0.2) is 0 Å². The van der Waals surface area contributed by atoms with Crippen LogP contribution in [0.3, 0.4) is 0 Å². The van der Waals surface area contributed by atoms with Crippen molar-refractivity contribution in [1.29, 1.82) is 0 Å². The molecule has 1 saturated heterocycles. The summed E-state index contributed by atoms with van der Waals surface area (Å²) in [6.07, 6.45) is 11.0. The summed E-state index contributed by atoms with van der Waals surface area (Å²) >= 11 is 0. The average Bonchev–Trinajstić information content (AvgIpc) is 2.45. The Labute approximate surface area is 117 Å². The van der Waals surface area contributed by atoms with Gasteiger partial charge >= 0.3 is 0 Å². The second-order valence-corrected chi connectivity index (χ2v) is 6.10. The van der Waals surface area contributed by atoms with E-state index in [1.807, 2.05) is 4.90 Å². The highest BCUT2D eigenvalue weighted by molar-refractivity contribution is 5.78. The molecule has 1 amide bonds. The highest BCUT2D eigenvalue weighted by Gasteiger charge is 2.19. The van der Waals surface area contributed by atoms with E-state index in [2.05, 4.69) is 18.3 Å². The zero-order chi connectivity index (χ0) is 13.5. The highest BCUT2D eigenvalue weighted by atomic mass is 16.2. The van der Waals surface area contributed by atoms with E-state index in [9.17, 15) is 4.79 Å². The Bertz CT molecular complexity index is 317. The number of carbonyl (C=O) groups is 1. The van der Waals surface area contributed by atoms with Gasteiger partial charge in [-0.05, 0) is 57.4 Å². The normalized spacial score (nSPS) is 21.3. The zero-order valence-electron chi connectivity index (χ0n) is 12.3. The largest absolute Gasteiger partial charge is 0.342 e. The molecule has 0 unspecified atom stereocenters. The second kappa shape index (κ2) is 7.68. The number of hydrogen-bond donors (Lipinski definition) is 1. The molecule has 1 aliphatic carbocycles. The number of likely N-dealkylation sites (tertiary alicyclic amines) is 1. The zero-order valence-corrected chi connectivity index (χ0v) is 12.3. The van der Waals surface area contributed by atoms with E-state index in [-0.39, 0.29) is 5.91 Å². The molecular weight excluding hydrogens is 236 g/mol. The van der Waals surface area contributed by atoms with Crippen molar-refractivity contribution in [2.24, 2.45) is 5.92 Å². The SMILES string of the molecule is CC1CCN(C(=O)CNCCC2=CCCCC2)CC1. The van der Waals surface area contributed by atoms with Crippen molar-refractivity contribution in [3.63, 3.8) is 0 Å². The molecule has 1 fully saturated rings. The minimum Gasteiger partial charge on any atom is -0.342 e. The fraction of sp³-hybridized carbons (Fsp3) is 0.812. The number of rotatable bonds is 5. The van der Waals surface area contributed by atoms with Gasteiger partial charge in [0.25, 0.3) is 0 Å². The van der Waals surface area contributed by atoms with Gasteiger partial charge in [-0.2, -0.15) is 0 Å². The summed E-state index contributed by atoms with van der Waals surface area (Å²) in [5.74, 6) is 1.07. The number of piperidine rings is 1. The third-order valence-corrected chi connectivity index (χ3v) is 4.42. The summed E-state index contributed by atoms with van der Waals surface area (Å²) in [6.45, 7) is 5.64. The van der Waals surface area contributed by atoms with Crippen LogP contribution in [0, 0.1) is 5.92 Å². The summed E-state index contributed by atoms with van der Waals surface area (Å²) in [4.78, 5) is 14.0. The lowest BCUT2D eigenvalue weighted by Crippen LogP contribution is -2.42. The molecule has 2 aliphatic rings. The average molecular weight is 264 g/mol. The molecule has 0 aromatic carbocycles. The standard InChI is InChI=1S/C16H28N2O/c1-14-8-11-18(12-9-14)16(19)13-17-10-7-15-5-3-2-4-6-15/h5,14,17H,2-4,6-13H2,1H3. The lowest BCUT2D eigenvalue weighted by Gasteiger charge is -2.30. The molecule has 0 radical (unpaired) electrons. The van der Waals surface area contributed by atoms with Crippen molar-refractivity contribution >= 4 is 5.91 Å². The van der Waals surface area contributed by atoms with Crippen LogP contribution in [0.1, 0.15) is 51.9 Å². The first-order valence-electron chi connectivity index (χ1n) is 7.92. The van der Waals surface area contributed by atoms with Crippen LogP contribution in [0.4, 0.5) is 0 Å². The molecule has 1 aliphatic heterocycles. The monoisotopic (exact) mass is 264 g/mol. The number of nitrogens with zero attached hydrogens (tertiary/aromatic N) is 1. The number of carbonyl (C=O) groups excluding carboxylic acids is 1. The summed E-state index contributed by atoms with van der Waals surface area (Å²) < 4.78 is 0. The molecule has 19 heavy (non-hydrogen) atoms. The molecule has 0 aromatic rings. The quantitative estimate of drug-likeness (QED) is 0.611. The third-order valence-electron chi connectivity index (χ3n) is 4.42. The van der Waals surface area contributed by atoms with Gasteiger partial charge in [0.15, 0.2) is 0 Å². The van der Waals surface area contributed by atoms with Crippen LogP contribution >= 0.6 is 0 Å². The maximum absolute atomic E-state index is 12.0. The molecule has 0 atom stereocenters. The minimum atomic E-state index is 0.282. The van der Waals surface area contributed by atoms with Crippen LogP contribution in [0.2, 0.25) is 0 Å². The summed E-state index contributed by atoms with van der Waals surface area (Å²) in [5, 5.41) is 3.31. The summed E-state index contributed by atoms with van der Waals surface area (Å²) in [6, 6.07) is 0. The number of allylic oxidation sites excluding steroid dienone is 1. The van der Waals surface area contributed by atoms with Gasteiger partial charge in [0.1, 0.15) is 0 Å². The fourth-order valence-corrected chi connectivity index (χ4v) is 2.95. The number of amides is 1. The van der Waals surface area contributed by atoms with E-state index in [0.717, 1.165) is 32.0 Å². The van der Waals surface area contributed by atoms with Crippen LogP contribution in [0.5, 0.6) is 0 Å². The van der Waals surface area contributed by atoms with E-state index in [4.69, 9.17) is 0 Å². The van der Waals surface area contributed by atoms with E-state index < -0.39 is 0 Å². The van der Waals surface area contributed by atoms with Crippen molar-refractivity contribution in [3.05, 3.63) is 11.6 Å². The fourth-order valence-electron chi connectivity index (χ4n) is 2.95. The predicted octanol–water partition coefficient (Wildman–Crippen LogP) is 2.73. The van der Waals surface area contributed by atoms with E-state index in [1.165, 1.54) is 38.5 Å². The Balaban J connectivity index is 1.57. The van der Waals surface area contributed by atoms with Crippen molar-refractivity contribution in [1.82, 2.24) is 10.2 Å². The lowest BCUT2D eigenvalue weighted by atomic mass is 9.97. The first kappa shape index (κ1) is 14.6. The van der Waals surface area contributed by atoms with Gasteiger partial charge in [0.2, 0.25) is 5.91 Å². The Morgan fingerprint density at radius 2 is 2.16 bits per heavy atom. The van der Waals surface area contributed by atoms with Crippen molar-refractivity contribution in [2.75, 3.05) is 26.2 Å². The van der Waals surface area contributed by atoms with Gasteiger partial charge < -0.3 is 10.2 Å². The maximum Gasteiger partial charge on any atom is 0.236 e. The molecular formula is C16H28N2O. The Morgan fingerprint density at radius 1 is 1.37 bits per heavy atom. The van der Waals surface area contributed by atoms with Gasteiger partial charge in [-0.1, -0.05) is 18.6 Å². The minimum absolute atomic E-state index is 0.282. The van der Waals surface area contributed by atoms with Crippen LogP contribution in [-0.2, 0) is 4.79 Å². The Kier molecular flexibility index (Phi) is 5.90. The van der Waals surface area contributed by atoms with Crippen molar-refractivity contribution in [2.45, 2.75) is 51.9 Å². The Morgan fingerprint density at radius 3 is 2.84 bits per heavy atom. The molecule has 1 heterocycles. The van der Waals surface area contributed by atoms with Crippen LogP contribution in [-0.4, -0.2) is 37.0 Å². The first-order valence-corrected chi connectivity index (χ1v) is 7.92.